The van der Waals surface area contributed by atoms with E-state index < -0.39 is 10.0 Å². The minimum Gasteiger partial charge on any atom is -0.353 e. The molecule has 10 heteroatoms. The molecule has 1 saturated heterocycles. The highest BCUT2D eigenvalue weighted by Gasteiger charge is 2.35. The smallest absolute Gasteiger partial charge is 0.262 e. The second-order valence-electron chi connectivity index (χ2n) is 7.81. The molecule has 1 aromatic rings. The third-order valence-electron chi connectivity index (χ3n) is 6.05. The molecule has 2 fully saturated rings. The molecule has 1 aromatic heterocycles. The highest BCUT2D eigenvalue weighted by molar-refractivity contribution is 7.89. The number of imidazole rings is 1. The molecule has 2 atom stereocenters. The number of nitrogens with two attached hydrogens (primary N) is 1. The number of aromatic nitrogens is 2. The average Bonchev–Trinajstić information content (AvgIpc) is 3.02. The summed E-state index contributed by atoms with van der Waals surface area (Å²) in [4.78, 5) is 16.8. The maximum absolute atomic E-state index is 12.8. The van der Waals surface area contributed by atoms with Gasteiger partial charge in [0.15, 0.2) is 5.03 Å². The van der Waals surface area contributed by atoms with Gasteiger partial charge in [-0.05, 0) is 45.1 Å². The van der Waals surface area contributed by atoms with Crippen molar-refractivity contribution in [3.05, 3.63) is 12.0 Å². The van der Waals surface area contributed by atoms with Crippen molar-refractivity contribution in [2.45, 2.75) is 56.5 Å². The summed E-state index contributed by atoms with van der Waals surface area (Å²) in [7, 11) is -1.82. The lowest BCUT2D eigenvalue weighted by Crippen LogP contribution is -2.49. The van der Waals surface area contributed by atoms with Crippen molar-refractivity contribution in [1.29, 1.82) is 0 Å². The van der Waals surface area contributed by atoms with E-state index >= 15 is 0 Å². The van der Waals surface area contributed by atoms with Gasteiger partial charge in [0.05, 0.1) is 0 Å². The van der Waals surface area contributed by atoms with Crippen molar-refractivity contribution in [2.75, 3.05) is 19.6 Å². The van der Waals surface area contributed by atoms with Crippen molar-refractivity contribution >= 4 is 28.3 Å². The van der Waals surface area contributed by atoms with Gasteiger partial charge in [-0.2, -0.15) is 4.31 Å². The van der Waals surface area contributed by atoms with E-state index in [4.69, 9.17) is 5.73 Å². The maximum Gasteiger partial charge on any atom is 0.262 e. The summed E-state index contributed by atoms with van der Waals surface area (Å²) in [5.74, 6) is 0.925. The van der Waals surface area contributed by atoms with E-state index in [0.29, 0.717) is 44.2 Å². The standard InChI is InChI=1S/C18H31N5O3S.ClH/c1-13-20-17(12-22(13)2)27(25,26)23-9-7-14(8-10-23)18(24)21-16-6-4-3-5-15(16)11-19;/h12,14-16H,3-11,19H2,1-2H3,(H,21,24);1H. The molecular weight excluding hydrogens is 402 g/mol. The first-order valence-corrected chi connectivity index (χ1v) is 11.3. The van der Waals surface area contributed by atoms with E-state index in [1.165, 1.54) is 10.7 Å². The molecule has 8 nitrogen and oxygen atoms in total. The van der Waals surface area contributed by atoms with Crippen LogP contribution in [0.1, 0.15) is 44.3 Å². The van der Waals surface area contributed by atoms with E-state index in [1.54, 1.807) is 24.7 Å². The lowest BCUT2D eigenvalue weighted by Gasteiger charge is -2.34. The van der Waals surface area contributed by atoms with E-state index in [-0.39, 0.29) is 35.3 Å². The molecule has 0 aromatic carbocycles. The van der Waals surface area contributed by atoms with Crippen LogP contribution in [0.3, 0.4) is 0 Å². The van der Waals surface area contributed by atoms with Gasteiger partial charge in [0.1, 0.15) is 5.82 Å². The molecule has 3 N–H and O–H groups in total. The third-order valence-corrected chi connectivity index (χ3v) is 7.83. The van der Waals surface area contributed by atoms with Crippen LogP contribution in [0.15, 0.2) is 11.2 Å². The number of carbonyl (C=O) groups is 1. The van der Waals surface area contributed by atoms with Gasteiger partial charge in [-0.3, -0.25) is 4.79 Å². The van der Waals surface area contributed by atoms with Crippen LogP contribution in [-0.2, 0) is 21.9 Å². The number of halogens is 1. The monoisotopic (exact) mass is 433 g/mol. The zero-order chi connectivity index (χ0) is 19.6. The Bertz CT molecular complexity index is 755. The SMILES string of the molecule is Cc1nc(S(=O)(=O)N2CCC(C(=O)NC3CCCCC3CN)CC2)cn1C.Cl. The van der Waals surface area contributed by atoms with Crippen molar-refractivity contribution in [2.24, 2.45) is 24.6 Å². The van der Waals surface area contributed by atoms with Crippen LogP contribution in [0.5, 0.6) is 0 Å². The summed E-state index contributed by atoms with van der Waals surface area (Å²) >= 11 is 0. The van der Waals surface area contributed by atoms with Gasteiger partial charge in [0.25, 0.3) is 10.0 Å². The van der Waals surface area contributed by atoms with Crippen molar-refractivity contribution in [3.63, 3.8) is 0 Å². The minimum atomic E-state index is -3.60. The van der Waals surface area contributed by atoms with Crippen molar-refractivity contribution in [3.8, 4) is 0 Å². The van der Waals surface area contributed by atoms with Gasteiger partial charge in [-0.1, -0.05) is 12.8 Å². The molecule has 2 heterocycles. The Morgan fingerprint density at radius 3 is 2.46 bits per heavy atom. The fraction of sp³-hybridized carbons (Fsp3) is 0.778. The van der Waals surface area contributed by atoms with Crippen molar-refractivity contribution < 1.29 is 13.2 Å². The molecule has 28 heavy (non-hydrogen) atoms. The Kier molecular flexibility index (Phi) is 7.89. The van der Waals surface area contributed by atoms with Gasteiger partial charge in [0.2, 0.25) is 5.91 Å². The molecule has 0 radical (unpaired) electrons. The summed E-state index contributed by atoms with van der Waals surface area (Å²) < 4.78 is 28.7. The highest BCUT2D eigenvalue weighted by Crippen LogP contribution is 2.26. The Hall–Kier alpha value is -1.16. The number of hydrogen-bond donors (Lipinski definition) is 2. The Morgan fingerprint density at radius 2 is 1.89 bits per heavy atom. The second kappa shape index (κ2) is 9.56. The fourth-order valence-electron chi connectivity index (χ4n) is 4.12. The molecule has 0 spiro atoms. The van der Waals surface area contributed by atoms with Crippen LogP contribution < -0.4 is 11.1 Å². The first-order valence-electron chi connectivity index (χ1n) is 9.83. The molecule has 1 amide bonds. The summed E-state index contributed by atoms with van der Waals surface area (Å²) in [6.45, 7) is 3.07. The van der Waals surface area contributed by atoms with E-state index in [9.17, 15) is 13.2 Å². The zero-order valence-corrected chi connectivity index (χ0v) is 18.3. The predicted molar refractivity (Wildman–Crippen MR) is 110 cm³/mol. The average molecular weight is 434 g/mol. The molecule has 1 aliphatic carbocycles. The van der Waals surface area contributed by atoms with Crippen LogP contribution in [0.4, 0.5) is 0 Å². The number of aryl methyl sites for hydroxylation is 2. The number of piperidine rings is 1. The van der Waals surface area contributed by atoms with Crippen LogP contribution >= 0.6 is 12.4 Å². The topological polar surface area (TPSA) is 110 Å². The van der Waals surface area contributed by atoms with E-state index in [2.05, 4.69) is 10.3 Å². The summed E-state index contributed by atoms with van der Waals surface area (Å²) in [6, 6.07) is 0.162. The van der Waals surface area contributed by atoms with Crippen molar-refractivity contribution in [1.82, 2.24) is 19.2 Å². The normalized spacial score (nSPS) is 24.5. The lowest BCUT2D eigenvalue weighted by molar-refractivity contribution is -0.127. The quantitative estimate of drug-likeness (QED) is 0.724. The molecule has 1 saturated carbocycles. The molecule has 3 rings (SSSR count). The highest BCUT2D eigenvalue weighted by atomic mass is 35.5. The summed E-state index contributed by atoms with van der Waals surface area (Å²) in [5, 5.41) is 3.26. The van der Waals surface area contributed by atoms with Crippen LogP contribution in [0.25, 0.3) is 0 Å². The maximum atomic E-state index is 12.8. The van der Waals surface area contributed by atoms with Gasteiger partial charge in [-0.15, -0.1) is 12.4 Å². The number of carbonyl (C=O) groups excluding carboxylic acids is 1. The number of nitrogens with one attached hydrogen (secondary N) is 1. The van der Waals surface area contributed by atoms with E-state index in [1.807, 2.05) is 0 Å². The molecule has 160 valence electrons. The summed E-state index contributed by atoms with van der Waals surface area (Å²) in [5.41, 5.74) is 5.85. The Balaban J connectivity index is 0.00000280. The van der Waals surface area contributed by atoms with Gasteiger partial charge in [0, 0.05) is 38.3 Å². The van der Waals surface area contributed by atoms with Gasteiger partial charge in [-0.25, -0.2) is 13.4 Å². The first-order chi connectivity index (χ1) is 12.8. The fourth-order valence-corrected chi connectivity index (χ4v) is 5.62. The summed E-state index contributed by atoms with van der Waals surface area (Å²) in [6.07, 6.45) is 6.98. The van der Waals surface area contributed by atoms with Crippen LogP contribution in [-0.4, -0.2) is 53.9 Å². The number of hydrogen-bond acceptors (Lipinski definition) is 5. The minimum absolute atomic E-state index is 0. The Labute approximate surface area is 173 Å². The van der Waals surface area contributed by atoms with Gasteiger partial charge < -0.3 is 15.6 Å². The van der Waals surface area contributed by atoms with Crippen LogP contribution in [0, 0.1) is 18.8 Å². The second-order valence-corrected chi connectivity index (χ2v) is 9.70. The number of nitrogens with zero attached hydrogens (tertiary/aromatic N) is 3. The first kappa shape index (κ1) is 23.1. The molecule has 0 bridgehead atoms. The predicted octanol–water partition coefficient (Wildman–Crippen LogP) is 1.18. The number of amides is 1. The van der Waals surface area contributed by atoms with Gasteiger partial charge >= 0.3 is 0 Å². The zero-order valence-electron chi connectivity index (χ0n) is 16.6. The number of sulfonamides is 1. The Morgan fingerprint density at radius 1 is 1.25 bits per heavy atom. The molecule has 2 unspecified atom stereocenters. The van der Waals surface area contributed by atoms with Crippen LogP contribution in [0.2, 0.25) is 0 Å². The molecular formula is C18H32ClN5O3S. The largest absolute Gasteiger partial charge is 0.353 e. The third kappa shape index (κ3) is 4.87. The van der Waals surface area contributed by atoms with E-state index in [0.717, 1.165) is 19.3 Å². The molecule has 2 aliphatic rings. The number of rotatable bonds is 5. The lowest BCUT2D eigenvalue weighted by atomic mass is 9.84. The molecule has 1 aliphatic heterocycles.